The minimum atomic E-state index is -1.10. The van der Waals surface area contributed by atoms with Gasteiger partial charge < -0.3 is 9.30 Å². The van der Waals surface area contributed by atoms with Gasteiger partial charge in [0, 0.05) is 31.5 Å². The molecule has 21 heavy (non-hydrogen) atoms. The van der Waals surface area contributed by atoms with E-state index in [1.54, 1.807) is 0 Å². The Morgan fingerprint density at radius 3 is 2.81 bits per heavy atom. The standard InChI is InChI=1S/C14H17BrClN3OSi/c1-21(2,3)5-4-20-9-19-8-11(15)12-13(19)10(6-17)7-18-14(12)16/h7-8H,4-5,9H2,1-3H3. The van der Waals surface area contributed by atoms with Gasteiger partial charge in [-0.15, -0.1) is 0 Å². The molecule has 0 aliphatic rings. The molecule has 4 nitrogen and oxygen atoms in total. The Hall–Kier alpha value is -0.873. The van der Waals surface area contributed by atoms with Crippen molar-refractivity contribution in [2.75, 3.05) is 6.61 Å². The van der Waals surface area contributed by atoms with Crippen LogP contribution in [-0.4, -0.2) is 24.2 Å². The summed E-state index contributed by atoms with van der Waals surface area (Å²) in [5.74, 6) is 0. The zero-order chi connectivity index (χ0) is 15.6. The summed E-state index contributed by atoms with van der Waals surface area (Å²) >= 11 is 9.60. The van der Waals surface area contributed by atoms with E-state index in [-0.39, 0.29) is 0 Å². The Morgan fingerprint density at radius 1 is 1.48 bits per heavy atom. The number of pyridine rings is 1. The molecule has 0 aromatic carbocycles. The second-order valence-corrected chi connectivity index (χ2v) is 12.9. The average molecular weight is 387 g/mol. The van der Waals surface area contributed by atoms with Crippen LogP contribution in [0.5, 0.6) is 0 Å². The number of nitrogens with zero attached hydrogens (tertiary/aromatic N) is 3. The fourth-order valence-electron chi connectivity index (χ4n) is 1.98. The number of halogens is 2. The zero-order valence-electron chi connectivity index (χ0n) is 12.3. The normalized spacial score (nSPS) is 11.8. The minimum absolute atomic E-state index is 0.386. The maximum atomic E-state index is 9.24. The van der Waals surface area contributed by atoms with E-state index < -0.39 is 8.07 Å². The van der Waals surface area contributed by atoms with Crippen molar-refractivity contribution in [1.29, 1.82) is 5.26 Å². The van der Waals surface area contributed by atoms with Crippen molar-refractivity contribution in [2.24, 2.45) is 0 Å². The summed E-state index contributed by atoms with van der Waals surface area (Å²) in [5, 5.41) is 10.4. The third-order valence-electron chi connectivity index (χ3n) is 3.15. The van der Waals surface area contributed by atoms with Crippen LogP contribution < -0.4 is 0 Å². The van der Waals surface area contributed by atoms with Crippen molar-refractivity contribution in [3.8, 4) is 6.07 Å². The molecule has 112 valence electrons. The zero-order valence-corrected chi connectivity index (χ0v) is 15.6. The van der Waals surface area contributed by atoms with Crippen LogP contribution in [0.25, 0.3) is 10.9 Å². The average Bonchev–Trinajstić information content (AvgIpc) is 2.73. The van der Waals surface area contributed by atoms with Gasteiger partial charge in [-0.1, -0.05) is 31.2 Å². The first-order valence-electron chi connectivity index (χ1n) is 6.64. The lowest BCUT2D eigenvalue weighted by molar-refractivity contribution is 0.0901. The summed E-state index contributed by atoms with van der Waals surface area (Å²) in [6, 6.07) is 3.27. The lowest BCUT2D eigenvalue weighted by atomic mass is 10.2. The summed E-state index contributed by atoms with van der Waals surface area (Å²) < 4.78 is 8.48. The smallest absolute Gasteiger partial charge is 0.139 e. The Labute approximate surface area is 138 Å². The number of rotatable bonds is 5. The van der Waals surface area contributed by atoms with E-state index in [9.17, 15) is 5.26 Å². The highest BCUT2D eigenvalue weighted by Gasteiger charge is 2.16. The molecule has 0 N–H and O–H groups in total. The van der Waals surface area contributed by atoms with Crippen molar-refractivity contribution in [3.05, 3.63) is 27.6 Å². The van der Waals surface area contributed by atoms with E-state index in [1.807, 2.05) is 10.8 Å². The van der Waals surface area contributed by atoms with Gasteiger partial charge >= 0.3 is 0 Å². The molecule has 7 heteroatoms. The van der Waals surface area contributed by atoms with Crippen molar-refractivity contribution in [2.45, 2.75) is 32.4 Å². The topological polar surface area (TPSA) is 50.8 Å². The lowest BCUT2D eigenvalue weighted by Crippen LogP contribution is -2.22. The van der Waals surface area contributed by atoms with Gasteiger partial charge in [0.25, 0.3) is 0 Å². The van der Waals surface area contributed by atoms with Crippen molar-refractivity contribution in [1.82, 2.24) is 9.55 Å². The molecular formula is C14H17BrClN3OSi. The van der Waals surface area contributed by atoms with Gasteiger partial charge in [-0.2, -0.15) is 5.26 Å². The summed E-state index contributed by atoms with van der Waals surface area (Å²) in [6.07, 6.45) is 3.38. The van der Waals surface area contributed by atoms with Gasteiger partial charge in [-0.3, -0.25) is 0 Å². The number of nitriles is 1. The first kappa shape index (κ1) is 16.5. The van der Waals surface area contributed by atoms with Crippen molar-refractivity contribution in [3.63, 3.8) is 0 Å². The maximum Gasteiger partial charge on any atom is 0.139 e. The first-order valence-corrected chi connectivity index (χ1v) is 11.5. The van der Waals surface area contributed by atoms with E-state index in [4.69, 9.17) is 16.3 Å². The van der Waals surface area contributed by atoms with Crippen LogP contribution in [0.3, 0.4) is 0 Å². The predicted octanol–water partition coefficient (Wildman–Crippen LogP) is 4.64. The summed E-state index contributed by atoms with van der Waals surface area (Å²) in [6.45, 7) is 8.08. The fourth-order valence-corrected chi connectivity index (χ4v) is 3.71. The Morgan fingerprint density at radius 2 is 2.19 bits per heavy atom. The molecular weight excluding hydrogens is 370 g/mol. The van der Waals surface area contributed by atoms with Gasteiger partial charge in [0.2, 0.25) is 0 Å². The second kappa shape index (κ2) is 6.49. The van der Waals surface area contributed by atoms with Crippen LogP contribution in [0.1, 0.15) is 5.56 Å². The van der Waals surface area contributed by atoms with Crippen LogP contribution in [0, 0.1) is 11.3 Å². The van der Waals surface area contributed by atoms with Gasteiger partial charge in [-0.25, -0.2) is 4.98 Å². The molecule has 0 atom stereocenters. The summed E-state index contributed by atoms with van der Waals surface area (Å²) in [5.41, 5.74) is 1.26. The highest BCUT2D eigenvalue weighted by Crippen LogP contribution is 2.33. The molecule has 0 saturated carbocycles. The van der Waals surface area contributed by atoms with E-state index in [1.165, 1.54) is 6.20 Å². The number of fused-ring (bicyclic) bond motifs is 1. The molecule has 0 aliphatic carbocycles. The fraction of sp³-hybridized carbons (Fsp3) is 0.429. The molecule has 2 rings (SSSR count). The highest BCUT2D eigenvalue weighted by atomic mass is 79.9. The van der Waals surface area contributed by atoms with Crippen LogP contribution in [0.15, 0.2) is 16.9 Å². The molecule has 0 spiro atoms. The summed E-state index contributed by atoms with van der Waals surface area (Å²) in [4.78, 5) is 4.05. The van der Waals surface area contributed by atoms with Gasteiger partial charge in [0.05, 0.1) is 16.5 Å². The van der Waals surface area contributed by atoms with Gasteiger partial charge in [0.1, 0.15) is 18.0 Å². The Kier molecular flexibility index (Phi) is 5.10. The van der Waals surface area contributed by atoms with Crippen LogP contribution in [0.2, 0.25) is 30.8 Å². The molecule has 0 radical (unpaired) electrons. The minimum Gasteiger partial charge on any atom is -0.361 e. The van der Waals surface area contributed by atoms with Crippen molar-refractivity contribution >= 4 is 46.5 Å². The van der Waals surface area contributed by atoms with Gasteiger partial charge in [0.15, 0.2) is 0 Å². The molecule has 0 fully saturated rings. The summed E-state index contributed by atoms with van der Waals surface area (Å²) in [7, 11) is -1.10. The van der Waals surface area contributed by atoms with Crippen LogP contribution in [0.4, 0.5) is 0 Å². The maximum absolute atomic E-state index is 9.24. The van der Waals surface area contributed by atoms with E-state index in [0.717, 1.165) is 28.0 Å². The molecule has 0 unspecified atom stereocenters. The monoisotopic (exact) mass is 385 g/mol. The third-order valence-corrected chi connectivity index (χ3v) is 5.74. The van der Waals surface area contributed by atoms with E-state index in [2.05, 4.69) is 46.6 Å². The quantitative estimate of drug-likeness (QED) is 0.427. The third kappa shape index (κ3) is 3.86. The van der Waals surface area contributed by atoms with Crippen molar-refractivity contribution < 1.29 is 4.74 Å². The molecule has 0 saturated heterocycles. The molecule has 0 bridgehead atoms. The van der Waals surface area contributed by atoms with Crippen LogP contribution >= 0.6 is 27.5 Å². The lowest BCUT2D eigenvalue weighted by Gasteiger charge is -2.15. The first-order chi connectivity index (χ1) is 9.83. The largest absolute Gasteiger partial charge is 0.361 e. The molecule has 0 amide bonds. The predicted molar refractivity (Wildman–Crippen MR) is 91.3 cm³/mol. The number of aromatic nitrogens is 2. The highest BCUT2D eigenvalue weighted by molar-refractivity contribution is 9.10. The van der Waals surface area contributed by atoms with E-state index >= 15 is 0 Å². The van der Waals surface area contributed by atoms with Crippen LogP contribution in [-0.2, 0) is 11.5 Å². The molecule has 2 aromatic rings. The number of hydrogen-bond donors (Lipinski definition) is 0. The second-order valence-electron chi connectivity index (χ2n) is 6.09. The SMILES string of the molecule is C[Si](C)(C)CCOCn1cc(Br)c2c(Cl)ncc(C#N)c21. The molecule has 2 heterocycles. The van der Waals surface area contributed by atoms with Gasteiger partial charge in [-0.05, 0) is 22.0 Å². The Bertz CT molecular complexity index is 703. The number of ether oxygens (including phenoxy) is 1. The van der Waals surface area contributed by atoms with E-state index in [0.29, 0.717) is 17.4 Å². The number of hydrogen-bond acceptors (Lipinski definition) is 3. The molecule has 0 aliphatic heterocycles. The molecule has 2 aromatic heterocycles. The Balaban J connectivity index is 2.25.